The lowest BCUT2D eigenvalue weighted by molar-refractivity contribution is 0.275. The molecule has 0 fully saturated rings. The fourth-order valence-electron chi connectivity index (χ4n) is 0. The van der Waals surface area contributed by atoms with Gasteiger partial charge in [-0.3, -0.25) is 0 Å². The topological polar surface area (TPSA) is 330 Å². The molecule has 0 spiro atoms. The highest BCUT2D eigenvalue weighted by atomic mass is 31.2. The highest BCUT2D eigenvalue weighted by molar-refractivity contribution is 7.45. The van der Waals surface area contributed by atoms with E-state index in [2.05, 4.69) is 0 Å². The standard InChI is InChI=1S/Mg.H3O4P.8H2O.2H/c;1-5(2,3)4;;;;;;;;;;/h;(H3,1,2,3,4);8*1H2;;/p+1. The van der Waals surface area contributed by atoms with E-state index in [0.29, 0.717) is 0 Å². The lowest BCUT2D eigenvalue weighted by atomic mass is 15.8. The van der Waals surface area contributed by atoms with Crippen molar-refractivity contribution in [1.29, 1.82) is 0 Å². The molecule has 0 heterocycles. The van der Waals surface area contributed by atoms with Crippen LogP contribution >= 0.6 is 7.82 Å². The molecule has 0 aromatic rings. The summed E-state index contributed by atoms with van der Waals surface area (Å²) < 4.78 is 8.88. The molecule has 14 heavy (non-hydrogen) atoms. The van der Waals surface area contributed by atoms with E-state index in [0.717, 1.165) is 0 Å². The van der Waals surface area contributed by atoms with Crippen LogP contribution in [0.5, 0.6) is 0 Å². The van der Waals surface area contributed by atoms with Gasteiger partial charge >= 0.3 is 32.3 Å². The minimum Gasteiger partial charge on any atom is -0.412 e. The van der Waals surface area contributed by atoms with Gasteiger partial charge in [0.25, 0.3) is 0 Å². The Labute approximate surface area is 95.9 Å². The molecule has 0 aromatic heterocycles. The summed E-state index contributed by atoms with van der Waals surface area (Å²) in [6.07, 6.45) is 0. The first kappa shape index (κ1) is 129. The monoisotopic (exact) mass is 269 g/mol. The zero-order valence-electron chi connectivity index (χ0n) is 7.20. The number of phosphoric acid groups is 1. The summed E-state index contributed by atoms with van der Waals surface area (Å²) in [6.45, 7) is 0. The molecule has 0 atom stereocenters. The van der Waals surface area contributed by atoms with Crippen molar-refractivity contribution in [2.45, 2.75) is 0 Å². The molecule has 0 bridgehead atoms. The van der Waals surface area contributed by atoms with Crippen LogP contribution < -0.4 is 0 Å². The SMILES string of the molecule is O.O.O.O.O.O.O.O.O=P(O)(O)O.[H+].[MgH2]. The van der Waals surface area contributed by atoms with Gasteiger partial charge in [-0.15, -0.1) is 0 Å². The van der Waals surface area contributed by atoms with Crippen LogP contribution in [0.3, 0.4) is 0 Å². The summed E-state index contributed by atoms with van der Waals surface area (Å²) >= 11 is 0. The van der Waals surface area contributed by atoms with Gasteiger partial charge in [0.15, 0.2) is 0 Å². The summed E-state index contributed by atoms with van der Waals surface area (Å²) in [5, 5.41) is 0. The molecule has 0 radical (unpaired) electrons. The first-order chi connectivity index (χ1) is 2.00. The van der Waals surface area contributed by atoms with E-state index in [-0.39, 0.29) is 68.3 Å². The Morgan fingerprint density at radius 3 is 0.643 bits per heavy atom. The Balaban J connectivity index is -0.00000000178. The Kier molecular flexibility index (Phi) is 458. The molecule has 0 aromatic carbocycles. The van der Waals surface area contributed by atoms with Crippen molar-refractivity contribution in [3.63, 3.8) is 0 Å². The normalized spacial score (nSPS) is 4.21. The maximum Gasteiger partial charge on any atom is 1.00 e. The first-order valence-electron chi connectivity index (χ1n) is 0.783. The second-order valence-corrected chi connectivity index (χ2v) is 1.54. The van der Waals surface area contributed by atoms with Crippen molar-refractivity contribution < 1.29 is 64.5 Å². The van der Waals surface area contributed by atoms with E-state index in [9.17, 15) is 0 Å². The van der Waals surface area contributed by atoms with Crippen LogP contribution in [-0.4, -0.2) is 81.5 Å². The molecule has 12 nitrogen and oxygen atoms in total. The third kappa shape index (κ3) is 5420. The lowest BCUT2D eigenvalue weighted by Gasteiger charge is -1.82. The molecule has 0 saturated carbocycles. The van der Waals surface area contributed by atoms with E-state index < -0.39 is 7.82 Å². The van der Waals surface area contributed by atoms with Crippen LogP contribution in [0.25, 0.3) is 0 Å². The van der Waals surface area contributed by atoms with E-state index in [4.69, 9.17) is 19.2 Å². The van der Waals surface area contributed by atoms with Crippen molar-refractivity contribution in [2.75, 3.05) is 0 Å². The zero-order chi connectivity index (χ0) is 4.50. The van der Waals surface area contributed by atoms with Gasteiger partial charge < -0.3 is 58.5 Å². The zero-order valence-corrected chi connectivity index (χ0v) is 7.09. The quantitative estimate of drug-likeness (QED) is 0.284. The van der Waals surface area contributed by atoms with E-state index >= 15 is 0 Å². The van der Waals surface area contributed by atoms with Gasteiger partial charge in [0.2, 0.25) is 0 Å². The Bertz CT molecular complexity index is 61.8. The van der Waals surface area contributed by atoms with Gasteiger partial charge in [-0.25, -0.2) is 4.57 Å². The molecule has 100 valence electrons. The predicted molar refractivity (Wildman–Crippen MR) is 52.8 cm³/mol. The summed E-state index contributed by atoms with van der Waals surface area (Å²) in [5.41, 5.74) is 0. The summed E-state index contributed by atoms with van der Waals surface area (Å²) in [6, 6.07) is 0. The van der Waals surface area contributed by atoms with E-state index in [1.54, 1.807) is 0 Å². The van der Waals surface area contributed by atoms with E-state index in [1.807, 2.05) is 0 Å². The second kappa shape index (κ2) is 49.7. The van der Waals surface area contributed by atoms with Crippen molar-refractivity contribution in [3.05, 3.63) is 0 Å². The van der Waals surface area contributed by atoms with Crippen molar-refractivity contribution >= 4 is 30.9 Å². The largest absolute Gasteiger partial charge is 1.00 e. The molecule has 0 aliphatic carbocycles. The van der Waals surface area contributed by atoms with Gasteiger partial charge in [-0.2, -0.15) is 0 Å². The highest BCUT2D eigenvalue weighted by Gasteiger charge is 2.00. The Hall–Kier alpha value is 0.556. The maximum atomic E-state index is 8.88. The minimum absolute atomic E-state index is 0. The highest BCUT2D eigenvalue weighted by Crippen LogP contribution is 2.25. The summed E-state index contributed by atoms with van der Waals surface area (Å²) in [4.78, 5) is 21.6. The smallest absolute Gasteiger partial charge is 0.412 e. The average molecular weight is 269 g/mol. The lowest BCUT2D eigenvalue weighted by Crippen LogP contribution is -1.66. The van der Waals surface area contributed by atoms with Crippen LogP contribution in [-0.2, 0) is 4.57 Å². The molecule has 0 rings (SSSR count). The Morgan fingerprint density at radius 1 is 0.643 bits per heavy atom. The second-order valence-electron chi connectivity index (χ2n) is 0.513. The summed E-state index contributed by atoms with van der Waals surface area (Å²) in [7, 11) is -4.64. The van der Waals surface area contributed by atoms with Gasteiger partial charge in [-0.05, 0) is 0 Å². The number of hydrogen-bond donors (Lipinski definition) is 3. The molecule has 0 saturated heterocycles. The van der Waals surface area contributed by atoms with Crippen molar-refractivity contribution in [3.8, 4) is 0 Å². The van der Waals surface area contributed by atoms with Gasteiger partial charge in [0.05, 0.1) is 0 Å². The fourth-order valence-corrected chi connectivity index (χ4v) is 0. The fraction of sp³-hybridized carbons (Fsp3) is 0. The van der Waals surface area contributed by atoms with Crippen LogP contribution in [0.1, 0.15) is 1.43 Å². The number of rotatable bonds is 0. The average Bonchev–Trinajstić information content (AvgIpc) is 0.722. The van der Waals surface area contributed by atoms with Crippen LogP contribution in [0.2, 0.25) is 0 Å². The summed E-state index contributed by atoms with van der Waals surface area (Å²) in [5.74, 6) is 0. The van der Waals surface area contributed by atoms with Gasteiger partial charge in [0.1, 0.15) is 0 Å². The third-order valence-corrected chi connectivity index (χ3v) is 0. The molecule has 0 amide bonds. The molecule has 14 heteroatoms. The van der Waals surface area contributed by atoms with E-state index in [1.165, 1.54) is 0 Å². The Morgan fingerprint density at radius 2 is 0.643 bits per heavy atom. The molecular weight excluding hydrogens is 247 g/mol. The molecular formula is H22MgO12P+. The molecule has 0 unspecified atom stereocenters. The molecule has 0 aliphatic heterocycles. The number of hydrogen-bond acceptors (Lipinski definition) is 1. The first-order valence-corrected chi connectivity index (χ1v) is 2.35. The molecule has 19 N–H and O–H groups in total. The van der Waals surface area contributed by atoms with Gasteiger partial charge in [0, 0.05) is 0 Å². The van der Waals surface area contributed by atoms with Crippen molar-refractivity contribution in [1.82, 2.24) is 0 Å². The third-order valence-electron chi connectivity index (χ3n) is 0. The minimum atomic E-state index is -4.64. The van der Waals surface area contributed by atoms with Crippen LogP contribution in [0, 0.1) is 0 Å². The molecule has 0 aliphatic rings. The van der Waals surface area contributed by atoms with Crippen molar-refractivity contribution in [2.24, 2.45) is 0 Å². The van der Waals surface area contributed by atoms with Crippen LogP contribution in [0.4, 0.5) is 0 Å². The predicted octanol–water partition coefficient (Wildman–Crippen LogP) is -8.33. The maximum absolute atomic E-state index is 8.88. The van der Waals surface area contributed by atoms with Gasteiger partial charge in [-0.1, -0.05) is 0 Å². The van der Waals surface area contributed by atoms with Crippen LogP contribution in [0.15, 0.2) is 0 Å².